The number of piperidine rings is 1. The first-order valence-electron chi connectivity index (χ1n) is 6.39. The number of benzene rings is 1. The second-order valence-corrected chi connectivity index (χ2v) is 5.69. The van der Waals surface area contributed by atoms with E-state index in [9.17, 15) is 4.79 Å². The molecule has 4 aliphatic rings. The summed E-state index contributed by atoms with van der Waals surface area (Å²) in [6, 6.07) is 8.43. The van der Waals surface area contributed by atoms with Crippen LogP contribution in [-0.2, 0) is 4.74 Å². The van der Waals surface area contributed by atoms with Gasteiger partial charge in [-0.25, -0.2) is 0 Å². The topological polar surface area (TPSA) is 32.8 Å². The Hall–Kier alpha value is -1.35. The summed E-state index contributed by atoms with van der Waals surface area (Å²) >= 11 is 0. The first kappa shape index (κ1) is 8.70. The summed E-state index contributed by atoms with van der Waals surface area (Å²) in [7, 11) is 0. The van der Waals surface area contributed by atoms with Crippen LogP contribution in [0.2, 0.25) is 0 Å². The van der Waals surface area contributed by atoms with Gasteiger partial charge in [0.05, 0.1) is 12.1 Å². The number of rotatable bonds is 0. The maximum Gasteiger partial charge on any atom is 0.254 e. The van der Waals surface area contributed by atoms with Gasteiger partial charge in [0.2, 0.25) is 0 Å². The van der Waals surface area contributed by atoms with E-state index in [-0.39, 0.29) is 11.5 Å². The monoisotopic (exact) mass is 227 g/mol. The lowest BCUT2D eigenvalue weighted by atomic mass is 9.59. The normalized spacial score (nSPS) is 44.4. The molecule has 1 aromatic carbocycles. The number of carbonyl (C=O) groups is 1. The highest BCUT2D eigenvalue weighted by Crippen LogP contribution is 2.65. The summed E-state index contributed by atoms with van der Waals surface area (Å²) in [5.74, 6) is 0.740. The van der Waals surface area contributed by atoms with E-state index in [4.69, 9.17) is 4.74 Å². The predicted molar refractivity (Wildman–Crippen MR) is 60.8 cm³/mol. The summed E-state index contributed by atoms with van der Waals surface area (Å²) in [4.78, 5) is 14.5. The lowest BCUT2D eigenvalue weighted by Gasteiger charge is -2.55. The fourth-order valence-electron chi connectivity index (χ4n) is 4.28. The highest BCUT2D eigenvalue weighted by molar-refractivity contribution is 5.98. The van der Waals surface area contributed by atoms with E-state index < -0.39 is 0 Å². The number of nitrogens with zero attached hydrogens (tertiary/aromatic N) is 1. The molecule has 3 fully saturated rings. The molecule has 4 atom stereocenters. The molecule has 3 heterocycles. The van der Waals surface area contributed by atoms with E-state index in [0.717, 1.165) is 24.9 Å². The van der Waals surface area contributed by atoms with Crippen LogP contribution >= 0.6 is 0 Å². The first-order valence-corrected chi connectivity index (χ1v) is 6.39. The zero-order valence-electron chi connectivity index (χ0n) is 9.43. The Balaban J connectivity index is 1.71. The minimum Gasteiger partial charge on any atom is -0.364 e. The maximum absolute atomic E-state index is 12.4. The van der Waals surface area contributed by atoms with Crippen molar-refractivity contribution in [3.8, 4) is 0 Å². The highest BCUT2D eigenvalue weighted by Gasteiger charge is 2.75. The quantitative estimate of drug-likeness (QED) is 0.630. The molecule has 86 valence electrons. The third-order valence-electron chi connectivity index (χ3n) is 5.09. The Bertz CT molecular complexity index is 555. The van der Waals surface area contributed by atoms with Crippen LogP contribution in [-0.4, -0.2) is 35.1 Å². The Kier molecular flexibility index (Phi) is 1.23. The second-order valence-electron chi connectivity index (χ2n) is 5.69. The van der Waals surface area contributed by atoms with Gasteiger partial charge in [-0.1, -0.05) is 18.2 Å². The zero-order chi connectivity index (χ0) is 11.2. The fourth-order valence-corrected chi connectivity index (χ4v) is 4.28. The van der Waals surface area contributed by atoms with Crippen molar-refractivity contribution in [3.63, 3.8) is 0 Å². The van der Waals surface area contributed by atoms with Crippen molar-refractivity contribution in [3.05, 3.63) is 35.4 Å². The van der Waals surface area contributed by atoms with Crippen molar-refractivity contribution in [2.45, 2.75) is 36.5 Å². The molecule has 0 unspecified atom stereocenters. The fraction of sp³-hybridized carbons (Fsp3) is 0.500. The van der Waals surface area contributed by atoms with Crippen LogP contribution < -0.4 is 0 Å². The summed E-state index contributed by atoms with van der Waals surface area (Å²) in [6.07, 6.45) is 2.58. The van der Waals surface area contributed by atoms with Gasteiger partial charge >= 0.3 is 0 Å². The Labute approximate surface area is 99.4 Å². The number of hydrogen-bond acceptors (Lipinski definition) is 2. The van der Waals surface area contributed by atoms with Crippen molar-refractivity contribution in [2.24, 2.45) is 0 Å². The van der Waals surface area contributed by atoms with Crippen LogP contribution in [0, 0.1) is 0 Å². The number of ether oxygens (including phenoxy) is 1. The summed E-state index contributed by atoms with van der Waals surface area (Å²) < 4.78 is 5.87. The van der Waals surface area contributed by atoms with Gasteiger partial charge in [-0.2, -0.15) is 0 Å². The highest BCUT2D eigenvalue weighted by atomic mass is 16.6. The standard InChI is InChI=1S/C14H13NO2/c16-13-9-4-2-1-3-8(9)10-7-14-11(17-14)5-6-15(13)12(10)14/h1-4,10-12H,5-7H2/t10-,11-,12+,14-/m0/s1. The number of fused-ring (bicyclic) bond motifs is 2. The van der Waals surface area contributed by atoms with Gasteiger partial charge in [0.25, 0.3) is 5.91 Å². The van der Waals surface area contributed by atoms with Gasteiger partial charge in [0.15, 0.2) is 0 Å². The first-order chi connectivity index (χ1) is 8.31. The molecule has 1 aromatic rings. The Morgan fingerprint density at radius 2 is 2.24 bits per heavy atom. The van der Waals surface area contributed by atoms with Crippen LogP contribution in [0.25, 0.3) is 0 Å². The van der Waals surface area contributed by atoms with Gasteiger partial charge < -0.3 is 9.64 Å². The van der Waals surface area contributed by atoms with Crippen LogP contribution in [0.15, 0.2) is 24.3 Å². The third-order valence-corrected chi connectivity index (χ3v) is 5.09. The molecule has 17 heavy (non-hydrogen) atoms. The predicted octanol–water partition coefficient (Wildman–Crippen LogP) is 1.54. The smallest absolute Gasteiger partial charge is 0.254 e. The number of hydrogen-bond donors (Lipinski definition) is 0. The summed E-state index contributed by atoms with van der Waals surface area (Å²) in [5, 5.41) is 0. The van der Waals surface area contributed by atoms with E-state index in [1.807, 2.05) is 18.2 Å². The second kappa shape index (κ2) is 2.41. The number of amides is 1. The largest absolute Gasteiger partial charge is 0.364 e. The van der Waals surface area contributed by atoms with Crippen molar-refractivity contribution < 1.29 is 9.53 Å². The minimum absolute atomic E-state index is 0.0616. The van der Waals surface area contributed by atoms with Crippen molar-refractivity contribution in [1.29, 1.82) is 0 Å². The average molecular weight is 227 g/mol. The molecule has 1 saturated carbocycles. The Morgan fingerprint density at radius 3 is 3.18 bits per heavy atom. The molecule has 2 saturated heterocycles. The molecule has 0 N–H and O–H groups in total. The summed E-state index contributed by atoms with van der Waals surface area (Å²) in [5.41, 5.74) is 2.23. The lowest BCUT2D eigenvalue weighted by Crippen LogP contribution is -2.66. The minimum atomic E-state index is 0.0616. The van der Waals surface area contributed by atoms with Gasteiger partial charge in [-0.15, -0.1) is 0 Å². The van der Waals surface area contributed by atoms with E-state index in [1.165, 1.54) is 5.56 Å². The van der Waals surface area contributed by atoms with E-state index in [1.54, 1.807) is 0 Å². The molecule has 5 rings (SSSR count). The number of epoxide rings is 1. The van der Waals surface area contributed by atoms with Crippen LogP contribution in [0.1, 0.15) is 34.7 Å². The number of carbonyl (C=O) groups excluding carboxylic acids is 1. The Morgan fingerprint density at radius 1 is 1.35 bits per heavy atom. The van der Waals surface area contributed by atoms with Crippen LogP contribution in [0.4, 0.5) is 0 Å². The van der Waals surface area contributed by atoms with Crippen LogP contribution in [0.5, 0.6) is 0 Å². The molecule has 3 nitrogen and oxygen atoms in total. The van der Waals surface area contributed by atoms with Gasteiger partial charge in [-0.05, 0) is 24.5 Å². The van der Waals surface area contributed by atoms with E-state index in [2.05, 4.69) is 11.0 Å². The van der Waals surface area contributed by atoms with Crippen LogP contribution in [0.3, 0.4) is 0 Å². The maximum atomic E-state index is 12.4. The lowest BCUT2D eigenvalue weighted by molar-refractivity contribution is -0.00141. The molecular weight excluding hydrogens is 214 g/mol. The van der Waals surface area contributed by atoms with E-state index >= 15 is 0 Å². The molecule has 1 spiro atoms. The van der Waals surface area contributed by atoms with Crippen molar-refractivity contribution >= 4 is 5.91 Å². The molecular formula is C14H13NO2. The molecule has 0 radical (unpaired) electrons. The molecule has 1 aliphatic carbocycles. The zero-order valence-corrected chi connectivity index (χ0v) is 9.43. The molecule has 0 aromatic heterocycles. The average Bonchev–Trinajstić information content (AvgIpc) is 3.07. The molecule has 1 amide bonds. The molecule has 0 bridgehead atoms. The van der Waals surface area contributed by atoms with E-state index in [0.29, 0.717) is 18.1 Å². The van der Waals surface area contributed by atoms with Crippen molar-refractivity contribution in [1.82, 2.24) is 4.90 Å². The van der Waals surface area contributed by atoms with Gasteiger partial charge in [-0.3, -0.25) is 4.79 Å². The summed E-state index contributed by atoms with van der Waals surface area (Å²) in [6.45, 7) is 0.876. The van der Waals surface area contributed by atoms with Gasteiger partial charge in [0.1, 0.15) is 5.60 Å². The SMILES string of the molecule is O=C1c2ccccc2[C@@H]2C[C@]34O[C@H]3CCN1[C@H]24. The molecule has 3 aliphatic heterocycles. The van der Waals surface area contributed by atoms with Crippen molar-refractivity contribution in [2.75, 3.05) is 6.54 Å². The van der Waals surface area contributed by atoms with Gasteiger partial charge in [0, 0.05) is 18.0 Å². The third kappa shape index (κ3) is 0.785. The molecule has 3 heteroatoms.